The minimum atomic E-state index is 0.342. The van der Waals surface area contributed by atoms with Gasteiger partial charge in [0.25, 0.3) is 0 Å². The Labute approximate surface area is 114 Å². The van der Waals surface area contributed by atoms with Crippen LogP contribution in [0.25, 0.3) is 0 Å². The van der Waals surface area contributed by atoms with Gasteiger partial charge in [-0.2, -0.15) is 0 Å². The minimum Gasteiger partial charge on any atom is -0.310 e. The normalized spacial score (nSPS) is 17.3. The average Bonchev–Trinajstić information content (AvgIpc) is 2.78. The van der Waals surface area contributed by atoms with E-state index in [0.717, 1.165) is 4.47 Å². The van der Waals surface area contributed by atoms with Crippen LogP contribution >= 0.6 is 31.9 Å². The Morgan fingerprint density at radius 3 is 2.75 bits per heavy atom. The van der Waals surface area contributed by atoms with E-state index in [1.807, 2.05) is 7.05 Å². The highest BCUT2D eigenvalue weighted by molar-refractivity contribution is 9.11. The van der Waals surface area contributed by atoms with Crippen molar-refractivity contribution in [2.24, 2.45) is 0 Å². The van der Waals surface area contributed by atoms with Crippen LogP contribution in [0.2, 0.25) is 0 Å². The molecular formula is C13H15Br2N. The molecule has 0 heterocycles. The van der Waals surface area contributed by atoms with Crippen LogP contribution in [0.5, 0.6) is 0 Å². The van der Waals surface area contributed by atoms with Crippen molar-refractivity contribution in [3.63, 3.8) is 0 Å². The van der Waals surface area contributed by atoms with Crippen molar-refractivity contribution < 1.29 is 0 Å². The van der Waals surface area contributed by atoms with Crippen LogP contribution in [0, 0.1) is 0 Å². The Hall–Kier alpha value is -0.120. The van der Waals surface area contributed by atoms with Crippen LogP contribution in [0.1, 0.15) is 30.9 Å². The van der Waals surface area contributed by atoms with E-state index in [0.29, 0.717) is 6.04 Å². The monoisotopic (exact) mass is 343 g/mol. The second-order valence-corrected chi connectivity index (χ2v) is 5.83. The number of rotatable bonds is 3. The molecule has 1 unspecified atom stereocenters. The summed E-state index contributed by atoms with van der Waals surface area (Å²) in [4.78, 5) is 0. The summed E-state index contributed by atoms with van der Waals surface area (Å²) in [6.07, 6.45) is 6.09. The number of likely N-dealkylation sites (N-methyl/N-ethyl adjacent to an activating group) is 1. The molecule has 0 aliphatic heterocycles. The molecule has 0 aromatic heterocycles. The lowest BCUT2D eigenvalue weighted by molar-refractivity contribution is 0.653. The number of allylic oxidation sites excluding steroid dienone is 1. The van der Waals surface area contributed by atoms with Gasteiger partial charge < -0.3 is 5.32 Å². The summed E-state index contributed by atoms with van der Waals surface area (Å²) < 4.78 is 2.30. The SMILES string of the molecule is CNC(C1=CCCC1)c1cc(Br)ccc1Br. The van der Waals surface area contributed by atoms with Crippen molar-refractivity contribution in [1.29, 1.82) is 0 Å². The summed E-state index contributed by atoms with van der Waals surface area (Å²) in [5.41, 5.74) is 2.83. The van der Waals surface area contributed by atoms with Crippen molar-refractivity contribution in [1.82, 2.24) is 5.32 Å². The van der Waals surface area contributed by atoms with Gasteiger partial charge in [-0.25, -0.2) is 0 Å². The molecule has 16 heavy (non-hydrogen) atoms. The minimum absolute atomic E-state index is 0.342. The van der Waals surface area contributed by atoms with Gasteiger partial charge in [0.1, 0.15) is 0 Å². The lowest BCUT2D eigenvalue weighted by Crippen LogP contribution is -2.18. The Bertz CT molecular complexity index is 412. The molecule has 0 saturated heterocycles. The van der Waals surface area contributed by atoms with Crippen molar-refractivity contribution in [3.8, 4) is 0 Å². The molecule has 0 bridgehead atoms. The molecule has 1 N–H and O–H groups in total. The van der Waals surface area contributed by atoms with E-state index in [2.05, 4.69) is 61.5 Å². The van der Waals surface area contributed by atoms with Crippen molar-refractivity contribution in [2.45, 2.75) is 25.3 Å². The Morgan fingerprint density at radius 1 is 1.31 bits per heavy atom. The standard InChI is InChI=1S/C13H15Br2N/c1-16-13(9-4-2-3-5-9)11-8-10(14)6-7-12(11)15/h4,6-8,13,16H,2-3,5H2,1H3. The maximum absolute atomic E-state index is 3.63. The molecule has 3 heteroatoms. The molecule has 1 aromatic carbocycles. The van der Waals surface area contributed by atoms with Gasteiger partial charge in [-0.1, -0.05) is 43.5 Å². The fourth-order valence-electron chi connectivity index (χ4n) is 2.23. The van der Waals surface area contributed by atoms with Gasteiger partial charge in [0.2, 0.25) is 0 Å². The van der Waals surface area contributed by atoms with Gasteiger partial charge >= 0.3 is 0 Å². The molecule has 0 spiro atoms. The topological polar surface area (TPSA) is 12.0 Å². The zero-order valence-electron chi connectivity index (χ0n) is 9.26. The van der Waals surface area contributed by atoms with Gasteiger partial charge in [-0.15, -0.1) is 0 Å². The Kier molecular flexibility index (Phi) is 4.22. The summed E-state index contributed by atoms with van der Waals surface area (Å²) in [6, 6.07) is 6.68. The summed E-state index contributed by atoms with van der Waals surface area (Å²) in [6.45, 7) is 0. The first-order valence-electron chi connectivity index (χ1n) is 5.53. The molecule has 1 aliphatic carbocycles. The van der Waals surface area contributed by atoms with E-state index in [-0.39, 0.29) is 0 Å². The van der Waals surface area contributed by atoms with Crippen molar-refractivity contribution in [2.75, 3.05) is 7.05 Å². The van der Waals surface area contributed by atoms with E-state index in [4.69, 9.17) is 0 Å². The van der Waals surface area contributed by atoms with E-state index in [1.54, 1.807) is 0 Å². The average molecular weight is 345 g/mol. The highest BCUT2D eigenvalue weighted by Crippen LogP contribution is 2.35. The predicted octanol–water partition coefficient (Wildman–Crippen LogP) is 4.58. The summed E-state index contributed by atoms with van der Waals surface area (Å²) >= 11 is 7.17. The second-order valence-electron chi connectivity index (χ2n) is 4.06. The second kappa shape index (κ2) is 5.48. The van der Waals surface area contributed by atoms with E-state index < -0.39 is 0 Å². The van der Waals surface area contributed by atoms with Crippen molar-refractivity contribution in [3.05, 3.63) is 44.4 Å². The fourth-order valence-corrected chi connectivity index (χ4v) is 3.09. The van der Waals surface area contributed by atoms with E-state index in [1.165, 1.54) is 34.9 Å². The number of hydrogen-bond donors (Lipinski definition) is 1. The van der Waals surface area contributed by atoms with Crippen LogP contribution in [0.3, 0.4) is 0 Å². The largest absolute Gasteiger partial charge is 0.310 e. The molecule has 0 fully saturated rings. The third-order valence-corrected chi connectivity index (χ3v) is 4.22. The molecule has 0 amide bonds. The van der Waals surface area contributed by atoms with Crippen molar-refractivity contribution >= 4 is 31.9 Å². The first-order valence-corrected chi connectivity index (χ1v) is 7.12. The Morgan fingerprint density at radius 2 is 2.12 bits per heavy atom. The number of nitrogens with one attached hydrogen (secondary N) is 1. The highest BCUT2D eigenvalue weighted by atomic mass is 79.9. The maximum Gasteiger partial charge on any atom is 0.0545 e. The Balaban J connectivity index is 2.35. The van der Waals surface area contributed by atoms with Crippen LogP contribution < -0.4 is 5.32 Å². The van der Waals surface area contributed by atoms with Gasteiger partial charge in [-0.3, -0.25) is 0 Å². The number of halogens is 2. The molecule has 1 aliphatic rings. The molecule has 0 radical (unpaired) electrons. The van der Waals surface area contributed by atoms with Crippen LogP contribution in [-0.4, -0.2) is 7.05 Å². The maximum atomic E-state index is 3.63. The van der Waals surface area contributed by atoms with E-state index in [9.17, 15) is 0 Å². The zero-order valence-corrected chi connectivity index (χ0v) is 12.4. The summed E-state index contributed by atoms with van der Waals surface area (Å²) in [5.74, 6) is 0. The number of hydrogen-bond acceptors (Lipinski definition) is 1. The third kappa shape index (κ3) is 2.58. The van der Waals surface area contributed by atoms with Gasteiger partial charge in [0, 0.05) is 8.95 Å². The van der Waals surface area contributed by atoms with Gasteiger partial charge in [-0.05, 0) is 50.1 Å². The molecule has 1 nitrogen and oxygen atoms in total. The van der Waals surface area contributed by atoms with E-state index >= 15 is 0 Å². The highest BCUT2D eigenvalue weighted by Gasteiger charge is 2.19. The third-order valence-electron chi connectivity index (χ3n) is 3.00. The molecule has 0 saturated carbocycles. The predicted molar refractivity (Wildman–Crippen MR) is 75.6 cm³/mol. The lowest BCUT2D eigenvalue weighted by Gasteiger charge is -2.20. The van der Waals surface area contributed by atoms with Crippen LogP contribution in [-0.2, 0) is 0 Å². The molecule has 2 rings (SSSR count). The smallest absolute Gasteiger partial charge is 0.0545 e. The van der Waals surface area contributed by atoms with Crippen LogP contribution in [0.15, 0.2) is 38.8 Å². The first kappa shape index (κ1) is 12.3. The zero-order chi connectivity index (χ0) is 11.5. The summed E-state index contributed by atoms with van der Waals surface area (Å²) in [7, 11) is 2.02. The van der Waals surface area contributed by atoms with Gasteiger partial charge in [0.15, 0.2) is 0 Å². The van der Waals surface area contributed by atoms with Crippen LogP contribution in [0.4, 0.5) is 0 Å². The quantitative estimate of drug-likeness (QED) is 0.791. The fraction of sp³-hybridized carbons (Fsp3) is 0.385. The molecule has 1 atom stereocenters. The molecule has 1 aromatic rings. The lowest BCUT2D eigenvalue weighted by atomic mass is 9.98. The molecular weight excluding hydrogens is 330 g/mol. The first-order chi connectivity index (χ1) is 7.72. The van der Waals surface area contributed by atoms with Gasteiger partial charge in [0.05, 0.1) is 6.04 Å². The number of benzene rings is 1. The summed E-state index contributed by atoms with van der Waals surface area (Å²) in [5, 5.41) is 3.41. The molecule has 86 valence electrons.